The van der Waals surface area contributed by atoms with Crippen molar-refractivity contribution in [2.24, 2.45) is 5.73 Å². The predicted octanol–water partition coefficient (Wildman–Crippen LogP) is 1.53. The number of halogens is 2. The minimum Gasteiger partial charge on any atom is -0.330 e. The van der Waals surface area contributed by atoms with Gasteiger partial charge in [0.05, 0.1) is 4.92 Å². The van der Waals surface area contributed by atoms with Crippen molar-refractivity contribution in [2.75, 3.05) is 13.1 Å². The molecule has 0 aromatic heterocycles. The van der Waals surface area contributed by atoms with Crippen molar-refractivity contribution in [2.45, 2.75) is 11.3 Å². The predicted molar refractivity (Wildman–Crippen MR) is 72.0 cm³/mol. The Morgan fingerprint density at radius 3 is 2.53 bits per heavy atom. The highest BCUT2D eigenvalue weighted by atomic mass is 35.5. The summed E-state index contributed by atoms with van der Waals surface area (Å²) in [4.78, 5) is 9.57. The van der Waals surface area contributed by atoms with Gasteiger partial charge in [0.25, 0.3) is 0 Å². The third kappa shape index (κ3) is 3.77. The van der Waals surface area contributed by atoms with Crippen LogP contribution in [0.15, 0.2) is 17.0 Å². The molecule has 0 spiro atoms. The van der Waals surface area contributed by atoms with Crippen LogP contribution < -0.4 is 10.5 Å². The maximum absolute atomic E-state index is 11.9. The number of hydrogen-bond donors (Lipinski definition) is 2. The van der Waals surface area contributed by atoms with Crippen LogP contribution in [0.3, 0.4) is 0 Å². The van der Waals surface area contributed by atoms with Gasteiger partial charge in [0.1, 0.15) is 14.9 Å². The molecule has 0 aliphatic rings. The van der Waals surface area contributed by atoms with E-state index in [-0.39, 0.29) is 16.5 Å². The lowest BCUT2D eigenvalue weighted by molar-refractivity contribution is -0.384. The molecule has 0 atom stereocenters. The van der Waals surface area contributed by atoms with E-state index in [4.69, 9.17) is 28.9 Å². The number of rotatable bonds is 6. The summed E-state index contributed by atoms with van der Waals surface area (Å²) < 4.78 is 26.1. The van der Waals surface area contributed by atoms with Gasteiger partial charge in [0, 0.05) is 6.54 Å². The zero-order valence-electron chi connectivity index (χ0n) is 9.60. The van der Waals surface area contributed by atoms with E-state index >= 15 is 0 Å². The molecular weight excluding hydrogens is 317 g/mol. The molecule has 10 heteroatoms. The quantitative estimate of drug-likeness (QED) is 0.467. The van der Waals surface area contributed by atoms with Crippen molar-refractivity contribution >= 4 is 38.9 Å². The van der Waals surface area contributed by atoms with Crippen molar-refractivity contribution in [1.29, 1.82) is 0 Å². The molecular formula is C9H11Cl2N3O4S. The van der Waals surface area contributed by atoms with Crippen LogP contribution in [-0.4, -0.2) is 26.4 Å². The van der Waals surface area contributed by atoms with Crippen molar-refractivity contribution in [3.63, 3.8) is 0 Å². The lowest BCUT2D eigenvalue weighted by Crippen LogP contribution is -2.26. The summed E-state index contributed by atoms with van der Waals surface area (Å²) >= 11 is 11.4. The van der Waals surface area contributed by atoms with Crippen LogP contribution in [0.5, 0.6) is 0 Å². The normalized spacial score (nSPS) is 11.5. The number of benzene rings is 1. The maximum atomic E-state index is 11.9. The molecule has 0 aliphatic heterocycles. The standard InChI is InChI=1S/C9H11Cl2N3O4S/c10-6-2-3-7(8(11)9(6)14(15)16)19(17,18)13-5-1-4-12/h2-3,13H,1,4-5,12H2. The topological polar surface area (TPSA) is 115 Å². The second kappa shape index (κ2) is 6.49. The first-order valence-electron chi connectivity index (χ1n) is 5.13. The maximum Gasteiger partial charge on any atom is 0.307 e. The third-order valence-electron chi connectivity index (χ3n) is 2.18. The van der Waals surface area contributed by atoms with Gasteiger partial charge in [-0.3, -0.25) is 10.1 Å². The van der Waals surface area contributed by atoms with Crippen LogP contribution in [0, 0.1) is 10.1 Å². The fourth-order valence-corrected chi connectivity index (χ4v) is 3.25. The van der Waals surface area contributed by atoms with Crippen molar-refractivity contribution in [3.8, 4) is 0 Å². The van der Waals surface area contributed by atoms with E-state index in [0.29, 0.717) is 13.0 Å². The lowest BCUT2D eigenvalue weighted by atomic mass is 10.3. The SMILES string of the molecule is NCCCNS(=O)(=O)c1ccc(Cl)c([N+](=O)[O-])c1Cl. The first-order chi connectivity index (χ1) is 8.81. The van der Waals surface area contributed by atoms with Crippen molar-refractivity contribution in [1.82, 2.24) is 4.72 Å². The highest BCUT2D eigenvalue weighted by molar-refractivity contribution is 7.89. The Morgan fingerprint density at radius 1 is 1.37 bits per heavy atom. The van der Waals surface area contributed by atoms with Crippen LogP contribution in [-0.2, 0) is 10.0 Å². The smallest absolute Gasteiger partial charge is 0.307 e. The van der Waals surface area contributed by atoms with Crippen molar-refractivity contribution in [3.05, 3.63) is 32.3 Å². The van der Waals surface area contributed by atoms with Crippen LogP contribution in [0.25, 0.3) is 0 Å². The number of sulfonamides is 1. The second-order valence-electron chi connectivity index (χ2n) is 3.51. The molecule has 0 saturated carbocycles. The molecule has 0 radical (unpaired) electrons. The number of nitrogens with one attached hydrogen (secondary N) is 1. The van der Waals surface area contributed by atoms with Crippen LogP contribution in [0.1, 0.15) is 6.42 Å². The molecule has 1 aromatic rings. The minimum absolute atomic E-state index is 0.117. The molecule has 0 amide bonds. The molecule has 1 rings (SSSR count). The van der Waals surface area contributed by atoms with E-state index in [1.54, 1.807) is 0 Å². The van der Waals surface area contributed by atoms with Gasteiger partial charge in [-0.1, -0.05) is 23.2 Å². The number of nitrogens with two attached hydrogens (primary N) is 1. The fraction of sp³-hybridized carbons (Fsp3) is 0.333. The minimum atomic E-state index is -3.94. The average molecular weight is 328 g/mol. The Balaban J connectivity index is 3.21. The summed E-state index contributed by atoms with van der Waals surface area (Å²) in [6.07, 6.45) is 0.437. The summed E-state index contributed by atoms with van der Waals surface area (Å²) in [7, 11) is -3.94. The Kier molecular flexibility index (Phi) is 5.50. The first-order valence-corrected chi connectivity index (χ1v) is 7.37. The van der Waals surface area contributed by atoms with E-state index < -0.39 is 25.7 Å². The molecule has 3 N–H and O–H groups in total. The molecule has 0 heterocycles. The highest BCUT2D eigenvalue weighted by Crippen LogP contribution is 2.36. The Morgan fingerprint density at radius 2 is 2.00 bits per heavy atom. The largest absolute Gasteiger partial charge is 0.330 e. The van der Waals surface area contributed by atoms with E-state index in [1.165, 1.54) is 0 Å². The molecule has 0 fully saturated rings. The van der Waals surface area contributed by atoms with Gasteiger partial charge >= 0.3 is 5.69 Å². The van der Waals surface area contributed by atoms with E-state index in [1.807, 2.05) is 0 Å². The Bertz CT molecular complexity index is 591. The monoisotopic (exact) mass is 327 g/mol. The van der Waals surface area contributed by atoms with Gasteiger partial charge in [-0.25, -0.2) is 13.1 Å². The molecule has 0 aliphatic carbocycles. The number of nitrogens with zero attached hydrogens (tertiary/aromatic N) is 1. The van der Waals surface area contributed by atoms with E-state index in [0.717, 1.165) is 12.1 Å². The summed E-state index contributed by atoms with van der Waals surface area (Å²) in [5, 5.41) is 10.0. The van der Waals surface area contributed by atoms with Gasteiger partial charge in [-0.05, 0) is 25.1 Å². The molecule has 0 unspecified atom stereocenters. The third-order valence-corrected chi connectivity index (χ3v) is 4.48. The molecule has 0 bridgehead atoms. The fourth-order valence-electron chi connectivity index (χ4n) is 1.28. The molecule has 1 aromatic carbocycles. The first kappa shape index (κ1) is 16.1. The highest BCUT2D eigenvalue weighted by Gasteiger charge is 2.27. The van der Waals surface area contributed by atoms with Crippen LogP contribution in [0.2, 0.25) is 10.0 Å². The van der Waals surface area contributed by atoms with Crippen LogP contribution in [0.4, 0.5) is 5.69 Å². The molecule has 106 valence electrons. The van der Waals surface area contributed by atoms with Crippen molar-refractivity contribution < 1.29 is 13.3 Å². The molecule has 7 nitrogen and oxygen atoms in total. The summed E-state index contributed by atoms with van der Waals surface area (Å²) in [5.41, 5.74) is 4.61. The van der Waals surface area contributed by atoms with Gasteiger partial charge in [-0.15, -0.1) is 0 Å². The Hall–Kier alpha value is -0.930. The van der Waals surface area contributed by atoms with Gasteiger partial charge in [-0.2, -0.15) is 0 Å². The summed E-state index contributed by atoms with van der Waals surface area (Å²) in [6, 6.07) is 2.23. The Labute approximate surface area is 119 Å². The number of nitro groups is 1. The van der Waals surface area contributed by atoms with Crippen LogP contribution >= 0.6 is 23.2 Å². The molecule has 0 saturated heterocycles. The lowest BCUT2D eigenvalue weighted by Gasteiger charge is -2.08. The van der Waals surface area contributed by atoms with E-state index in [2.05, 4.69) is 4.72 Å². The summed E-state index contributed by atoms with van der Waals surface area (Å²) in [6.45, 7) is 0.433. The molecule has 19 heavy (non-hydrogen) atoms. The van der Waals surface area contributed by atoms with E-state index in [9.17, 15) is 18.5 Å². The average Bonchev–Trinajstić information content (AvgIpc) is 2.28. The van der Waals surface area contributed by atoms with Gasteiger partial charge in [0.2, 0.25) is 10.0 Å². The zero-order valence-corrected chi connectivity index (χ0v) is 11.9. The second-order valence-corrected chi connectivity index (χ2v) is 6.03. The van der Waals surface area contributed by atoms with Gasteiger partial charge in [0.15, 0.2) is 0 Å². The zero-order chi connectivity index (χ0) is 14.6. The number of nitro benzene ring substituents is 1. The summed E-state index contributed by atoms with van der Waals surface area (Å²) in [5.74, 6) is 0. The number of hydrogen-bond acceptors (Lipinski definition) is 5. The van der Waals surface area contributed by atoms with Gasteiger partial charge < -0.3 is 5.73 Å².